The number of aromatic nitrogens is 2. The molecule has 1 aromatic heterocycles. The van der Waals surface area contributed by atoms with E-state index in [1.165, 1.54) is 0 Å². The van der Waals surface area contributed by atoms with E-state index in [0.717, 1.165) is 6.20 Å². The Morgan fingerprint density at radius 1 is 1.48 bits per heavy atom. The third-order valence-corrected chi connectivity index (χ3v) is 3.30. The average molecular weight is 325 g/mol. The Morgan fingerprint density at radius 3 is 2.76 bits per heavy atom. The van der Waals surface area contributed by atoms with Crippen LogP contribution in [0.3, 0.4) is 0 Å². The van der Waals surface area contributed by atoms with Gasteiger partial charge in [-0.3, -0.25) is 9.59 Å². The zero-order chi connectivity index (χ0) is 15.6. The average Bonchev–Trinajstić information content (AvgIpc) is 2.39. The third-order valence-electron chi connectivity index (χ3n) is 2.94. The number of amides is 1. The number of rotatable bonds is 3. The van der Waals surface area contributed by atoms with E-state index < -0.39 is 18.3 Å². The monoisotopic (exact) mass is 324 g/mol. The van der Waals surface area contributed by atoms with Crippen LogP contribution in [0.4, 0.5) is 18.9 Å². The molecule has 0 spiro atoms. The summed E-state index contributed by atoms with van der Waals surface area (Å²) in [5.74, 6) is -0.0714. The molecule has 0 aliphatic carbocycles. The van der Waals surface area contributed by atoms with Gasteiger partial charge < -0.3 is 10.6 Å². The molecule has 0 aromatic carbocycles. The number of alkyl halides is 3. The SMILES string of the molecule is O=C1CCC(Nc2cnn(CC(F)(F)F)c(=O)c2Cl)CN1. The van der Waals surface area contributed by atoms with Gasteiger partial charge in [0.15, 0.2) is 0 Å². The number of nitrogens with zero attached hydrogens (tertiary/aromatic N) is 2. The smallest absolute Gasteiger partial charge is 0.378 e. The number of nitrogens with one attached hydrogen (secondary N) is 2. The number of piperidine rings is 1. The minimum atomic E-state index is -4.55. The zero-order valence-electron chi connectivity index (χ0n) is 10.7. The van der Waals surface area contributed by atoms with Crippen LogP contribution in [0, 0.1) is 0 Å². The van der Waals surface area contributed by atoms with Gasteiger partial charge in [0.25, 0.3) is 5.56 Å². The predicted octanol–water partition coefficient (Wildman–Crippen LogP) is 1.15. The van der Waals surface area contributed by atoms with Crippen LogP contribution < -0.4 is 16.2 Å². The highest BCUT2D eigenvalue weighted by molar-refractivity contribution is 6.32. The van der Waals surface area contributed by atoms with Crippen molar-refractivity contribution >= 4 is 23.2 Å². The molecule has 1 amide bonds. The molecule has 0 bridgehead atoms. The number of anilines is 1. The highest BCUT2D eigenvalue weighted by Crippen LogP contribution is 2.20. The molecule has 1 fully saturated rings. The van der Waals surface area contributed by atoms with Gasteiger partial charge >= 0.3 is 6.18 Å². The number of halogens is 4. The largest absolute Gasteiger partial charge is 0.408 e. The summed E-state index contributed by atoms with van der Waals surface area (Å²) in [7, 11) is 0. The van der Waals surface area contributed by atoms with Crippen LogP contribution in [0.1, 0.15) is 12.8 Å². The van der Waals surface area contributed by atoms with Gasteiger partial charge in [0.05, 0.1) is 11.9 Å². The summed E-state index contributed by atoms with van der Waals surface area (Å²) in [4.78, 5) is 22.7. The van der Waals surface area contributed by atoms with E-state index in [4.69, 9.17) is 11.6 Å². The standard InChI is InChI=1S/C11H12ClF3N4O2/c12-9-7(18-6-1-2-8(20)16-3-6)4-17-19(10(9)21)5-11(13,14)15/h4,6,18H,1-3,5H2,(H,16,20). The van der Waals surface area contributed by atoms with Crippen molar-refractivity contribution in [3.8, 4) is 0 Å². The van der Waals surface area contributed by atoms with E-state index in [2.05, 4.69) is 15.7 Å². The van der Waals surface area contributed by atoms with Crippen molar-refractivity contribution in [2.24, 2.45) is 0 Å². The maximum absolute atomic E-state index is 12.3. The summed E-state index contributed by atoms with van der Waals surface area (Å²) in [6, 6.07) is -0.153. The molecule has 1 aliphatic rings. The fourth-order valence-electron chi connectivity index (χ4n) is 1.92. The summed E-state index contributed by atoms with van der Waals surface area (Å²) < 4.78 is 37.1. The summed E-state index contributed by atoms with van der Waals surface area (Å²) >= 11 is 5.78. The summed E-state index contributed by atoms with van der Waals surface area (Å²) in [5.41, 5.74) is -0.861. The lowest BCUT2D eigenvalue weighted by molar-refractivity contribution is -0.143. The molecule has 10 heteroatoms. The predicted molar refractivity (Wildman–Crippen MR) is 69.2 cm³/mol. The molecular weight excluding hydrogens is 313 g/mol. The number of carbonyl (C=O) groups excluding carboxylic acids is 1. The van der Waals surface area contributed by atoms with Gasteiger partial charge in [0, 0.05) is 19.0 Å². The van der Waals surface area contributed by atoms with E-state index in [-0.39, 0.29) is 27.3 Å². The molecule has 1 atom stereocenters. The highest BCUT2D eigenvalue weighted by Gasteiger charge is 2.30. The van der Waals surface area contributed by atoms with Crippen molar-refractivity contribution in [3.63, 3.8) is 0 Å². The highest BCUT2D eigenvalue weighted by atomic mass is 35.5. The van der Waals surface area contributed by atoms with Gasteiger partial charge in [-0.1, -0.05) is 11.6 Å². The quantitative estimate of drug-likeness (QED) is 0.874. The maximum Gasteiger partial charge on any atom is 0.408 e. The van der Waals surface area contributed by atoms with Crippen LogP contribution in [-0.4, -0.2) is 34.5 Å². The van der Waals surface area contributed by atoms with Crippen molar-refractivity contribution in [3.05, 3.63) is 21.6 Å². The van der Waals surface area contributed by atoms with E-state index in [1.54, 1.807) is 0 Å². The van der Waals surface area contributed by atoms with Crippen molar-refractivity contribution in [2.45, 2.75) is 31.6 Å². The molecule has 0 radical (unpaired) electrons. The second-order valence-corrected chi connectivity index (χ2v) is 5.01. The Morgan fingerprint density at radius 2 is 2.19 bits per heavy atom. The number of carbonyl (C=O) groups is 1. The van der Waals surface area contributed by atoms with Crippen LogP contribution in [0.25, 0.3) is 0 Å². The molecule has 2 rings (SSSR count). The Balaban J connectivity index is 2.13. The molecule has 1 saturated heterocycles. The first-order valence-corrected chi connectivity index (χ1v) is 6.49. The second-order valence-electron chi connectivity index (χ2n) is 4.63. The molecule has 116 valence electrons. The minimum Gasteiger partial charge on any atom is -0.378 e. The van der Waals surface area contributed by atoms with E-state index in [0.29, 0.717) is 19.4 Å². The lowest BCUT2D eigenvalue weighted by Crippen LogP contribution is -2.42. The van der Waals surface area contributed by atoms with E-state index in [9.17, 15) is 22.8 Å². The first-order chi connectivity index (χ1) is 9.76. The lowest BCUT2D eigenvalue weighted by atomic mass is 10.1. The molecule has 1 aliphatic heterocycles. The van der Waals surface area contributed by atoms with Crippen molar-refractivity contribution in [1.82, 2.24) is 15.1 Å². The fraction of sp³-hybridized carbons (Fsp3) is 0.545. The summed E-state index contributed by atoms with van der Waals surface area (Å²) in [5, 5.41) is 8.63. The summed E-state index contributed by atoms with van der Waals surface area (Å²) in [6.07, 6.45) is -2.61. The van der Waals surface area contributed by atoms with Crippen LogP contribution in [0.15, 0.2) is 11.0 Å². The topological polar surface area (TPSA) is 76.0 Å². The van der Waals surface area contributed by atoms with Gasteiger partial charge in [0.2, 0.25) is 5.91 Å². The minimum absolute atomic E-state index is 0.0714. The third kappa shape index (κ3) is 4.10. The van der Waals surface area contributed by atoms with Gasteiger partial charge in [-0.15, -0.1) is 0 Å². The zero-order valence-corrected chi connectivity index (χ0v) is 11.5. The Kier molecular flexibility index (Phi) is 4.40. The van der Waals surface area contributed by atoms with Gasteiger partial charge in [-0.2, -0.15) is 18.3 Å². The van der Waals surface area contributed by atoms with Crippen LogP contribution in [-0.2, 0) is 11.3 Å². The normalized spacial score (nSPS) is 19.2. The number of hydrogen-bond donors (Lipinski definition) is 2. The van der Waals surface area contributed by atoms with Gasteiger partial charge in [-0.25, -0.2) is 4.68 Å². The van der Waals surface area contributed by atoms with Gasteiger partial charge in [0.1, 0.15) is 11.6 Å². The van der Waals surface area contributed by atoms with Crippen LogP contribution >= 0.6 is 11.6 Å². The van der Waals surface area contributed by atoms with Crippen molar-refractivity contribution < 1.29 is 18.0 Å². The van der Waals surface area contributed by atoms with Gasteiger partial charge in [-0.05, 0) is 6.42 Å². The molecule has 2 N–H and O–H groups in total. The van der Waals surface area contributed by atoms with E-state index in [1.807, 2.05) is 0 Å². The fourth-order valence-corrected chi connectivity index (χ4v) is 2.12. The summed E-state index contributed by atoms with van der Waals surface area (Å²) in [6.45, 7) is -1.15. The maximum atomic E-state index is 12.3. The molecule has 21 heavy (non-hydrogen) atoms. The number of hydrogen-bond acceptors (Lipinski definition) is 4. The Hall–Kier alpha value is -1.77. The molecule has 6 nitrogen and oxygen atoms in total. The molecule has 1 aromatic rings. The lowest BCUT2D eigenvalue weighted by Gasteiger charge is -2.24. The molecule has 2 heterocycles. The van der Waals surface area contributed by atoms with Crippen LogP contribution in [0.2, 0.25) is 5.02 Å². The Labute approximate surface area is 122 Å². The first-order valence-electron chi connectivity index (χ1n) is 6.12. The van der Waals surface area contributed by atoms with Crippen molar-refractivity contribution in [2.75, 3.05) is 11.9 Å². The molecule has 1 unspecified atom stereocenters. The Bertz CT molecular complexity index is 592. The van der Waals surface area contributed by atoms with Crippen molar-refractivity contribution in [1.29, 1.82) is 0 Å². The first kappa shape index (κ1) is 15.6. The van der Waals surface area contributed by atoms with E-state index >= 15 is 0 Å². The second kappa shape index (κ2) is 5.92. The molecular formula is C11H12ClF3N4O2. The molecule has 0 saturated carbocycles. The van der Waals surface area contributed by atoms with Crippen LogP contribution in [0.5, 0.6) is 0 Å².